The van der Waals surface area contributed by atoms with Crippen molar-refractivity contribution in [1.29, 1.82) is 0 Å². The summed E-state index contributed by atoms with van der Waals surface area (Å²) in [4.78, 5) is 0. The van der Waals surface area contributed by atoms with Gasteiger partial charge in [0.15, 0.2) is 0 Å². The maximum Gasteiger partial charge on any atom is 0.0155 e. The Morgan fingerprint density at radius 1 is 1.67 bits per heavy atom. The average molecular weight is 128 g/mol. The molecule has 54 valence electrons. The van der Waals surface area contributed by atoms with Crippen molar-refractivity contribution in [2.24, 2.45) is 5.73 Å². The van der Waals surface area contributed by atoms with Crippen LogP contribution in [0.15, 0.2) is 0 Å². The largest absolute Gasteiger partial charge is 0.327 e. The minimum absolute atomic E-state index is 0.294. The maximum absolute atomic E-state index is 5.56. The predicted molar refractivity (Wildman–Crippen MR) is 39.3 cm³/mol. The van der Waals surface area contributed by atoms with Crippen molar-refractivity contribution in [2.75, 3.05) is 6.54 Å². The van der Waals surface area contributed by atoms with Crippen LogP contribution in [0, 0.1) is 0 Å². The van der Waals surface area contributed by atoms with Gasteiger partial charge in [-0.2, -0.15) is 0 Å². The Labute approximate surface area is 56.8 Å². The van der Waals surface area contributed by atoms with Gasteiger partial charge in [0.1, 0.15) is 0 Å². The molecule has 1 fully saturated rings. The zero-order valence-corrected chi connectivity index (χ0v) is 6.28. The number of hydrogen-bond acceptors (Lipinski definition) is 2. The van der Waals surface area contributed by atoms with Crippen molar-refractivity contribution in [2.45, 2.75) is 38.3 Å². The first-order chi connectivity index (χ1) is 4.12. The van der Waals surface area contributed by atoms with E-state index in [-0.39, 0.29) is 0 Å². The Morgan fingerprint density at radius 3 is 2.56 bits per heavy atom. The van der Waals surface area contributed by atoms with Crippen LogP contribution < -0.4 is 11.1 Å². The molecule has 2 heteroatoms. The summed E-state index contributed by atoms with van der Waals surface area (Å²) in [6.07, 6.45) is 2.64. The maximum atomic E-state index is 5.56. The summed E-state index contributed by atoms with van der Waals surface area (Å²) in [7, 11) is 0. The van der Waals surface area contributed by atoms with Gasteiger partial charge in [0, 0.05) is 18.1 Å². The summed E-state index contributed by atoms with van der Waals surface area (Å²) in [5.41, 5.74) is 6.02. The van der Waals surface area contributed by atoms with Crippen molar-refractivity contribution in [3.05, 3.63) is 0 Å². The Bertz CT molecular complexity index is 95.1. The van der Waals surface area contributed by atoms with E-state index in [4.69, 9.17) is 5.73 Å². The quantitative estimate of drug-likeness (QED) is 0.580. The molecule has 0 radical (unpaired) electrons. The van der Waals surface area contributed by atoms with Crippen molar-refractivity contribution < 1.29 is 0 Å². The zero-order valence-electron chi connectivity index (χ0n) is 6.28. The van der Waals surface area contributed by atoms with Gasteiger partial charge in [-0.25, -0.2) is 0 Å². The normalized spacial score (nSPS) is 25.7. The fourth-order valence-electron chi connectivity index (χ4n) is 0.772. The van der Waals surface area contributed by atoms with Gasteiger partial charge >= 0.3 is 0 Å². The lowest BCUT2D eigenvalue weighted by Gasteiger charge is -2.12. The van der Waals surface area contributed by atoms with E-state index in [2.05, 4.69) is 12.2 Å². The molecule has 0 unspecified atom stereocenters. The molecule has 0 saturated heterocycles. The van der Waals surface area contributed by atoms with Crippen molar-refractivity contribution in [1.82, 2.24) is 5.32 Å². The lowest BCUT2D eigenvalue weighted by molar-refractivity contribution is 0.506. The molecule has 0 heterocycles. The molecule has 0 aromatic rings. The molecular formula is C7H16N2. The van der Waals surface area contributed by atoms with Gasteiger partial charge in [-0.3, -0.25) is 0 Å². The summed E-state index contributed by atoms with van der Waals surface area (Å²) < 4.78 is 0. The zero-order chi connectivity index (χ0) is 6.91. The number of nitrogens with two attached hydrogens (primary N) is 1. The Balaban J connectivity index is 2.05. The highest BCUT2D eigenvalue weighted by molar-refractivity contribution is 4.97. The second-order valence-corrected chi connectivity index (χ2v) is 3.42. The van der Waals surface area contributed by atoms with Crippen LogP contribution in [0.4, 0.5) is 0 Å². The third-order valence-corrected chi connectivity index (χ3v) is 1.85. The minimum Gasteiger partial charge on any atom is -0.327 e. The van der Waals surface area contributed by atoms with Gasteiger partial charge in [0.05, 0.1) is 0 Å². The summed E-state index contributed by atoms with van der Waals surface area (Å²) in [6.45, 7) is 5.23. The van der Waals surface area contributed by atoms with Crippen LogP contribution >= 0.6 is 0 Å². The van der Waals surface area contributed by atoms with Crippen LogP contribution in [0.2, 0.25) is 0 Å². The van der Waals surface area contributed by atoms with E-state index in [0.29, 0.717) is 11.6 Å². The van der Waals surface area contributed by atoms with Crippen LogP contribution in [0.3, 0.4) is 0 Å². The van der Waals surface area contributed by atoms with Crippen molar-refractivity contribution >= 4 is 0 Å². The second-order valence-electron chi connectivity index (χ2n) is 3.42. The van der Waals surface area contributed by atoms with Gasteiger partial charge < -0.3 is 11.1 Å². The molecule has 0 spiro atoms. The molecule has 1 aliphatic carbocycles. The van der Waals surface area contributed by atoms with Gasteiger partial charge in [-0.05, 0) is 26.7 Å². The van der Waals surface area contributed by atoms with Crippen LogP contribution in [0.1, 0.15) is 26.7 Å². The summed E-state index contributed by atoms with van der Waals surface area (Å²) in [6, 6.07) is 0.294. The van der Waals surface area contributed by atoms with E-state index >= 15 is 0 Å². The first-order valence-corrected chi connectivity index (χ1v) is 3.63. The van der Waals surface area contributed by atoms with Gasteiger partial charge in [-0.15, -0.1) is 0 Å². The van der Waals surface area contributed by atoms with Gasteiger partial charge in [0.2, 0.25) is 0 Å². The molecule has 2 nitrogen and oxygen atoms in total. The van der Waals surface area contributed by atoms with E-state index < -0.39 is 0 Å². The molecule has 1 aliphatic rings. The van der Waals surface area contributed by atoms with Crippen molar-refractivity contribution in [3.63, 3.8) is 0 Å². The minimum atomic E-state index is 0.294. The fraction of sp³-hybridized carbons (Fsp3) is 1.00. The summed E-state index contributed by atoms with van der Waals surface area (Å²) in [5, 5.41) is 3.41. The van der Waals surface area contributed by atoms with E-state index in [9.17, 15) is 0 Å². The molecule has 9 heavy (non-hydrogen) atoms. The number of hydrogen-bond donors (Lipinski definition) is 2. The topological polar surface area (TPSA) is 38.0 Å². The molecule has 0 aliphatic heterocycles. The van der Waals surface area contributed by atoms with E-state index in [1.807, 2.05) is 6.92 Å². The van der Waals surface area contributed by atoms with Crippen LogP contribution in [-0.2, 0) is 0 Å². The molecule has 0 bridgehead atoms. The Hall–Kier alpha value is -0.0800. The van der Waals surface area contributed by atoms with E-state index in [0.717, 1.165) is 6.54 Å². The Kier molecular flexibility index (Phi) is 1.78. The molecule has 0 aromatic carbocycles. The van der Waals surface area contributed by atoms with Crippen LogP contribution in [-0.4, -0.2) is 18.1 Å². The molecule has 0 aromatic heterocycles. The van der Waals surface area contributed by atoms with Crippen LogP contribution in [0.25, 0.3) is 0 Å². The average Bonchev–Trinajstić information content (AvgIpc) is 2.45. The first kappa shape index (κ1) is 7.03. The summed E-state index contributed by atoms with van der Waals surface area (Å²) >= 11 is 0. The first-order valence-electron chi connectivity index (χ1n) is 3.63. The lowest BCUT2D eigenvalue weighted by Crippen LogP contribution is -2.37. The Morgan fingerprint density at radius 2 is 2.22 bits per heavy atom. The molecular weight excluding hydrogens is 112 g/mol. The monoisotopic (exact) mass is 128 g/mol. The predicted octanol–water partition coefficient (Wildman–Crippen LogP) is 0.476. The van der Waals surface area contributed by atoms with E-state index in [1.165, 1.54) is 12.8 Å². The van der Waals surface area contributed by atoms with Gasteiger partial charge in [0.25, 0.3) is 0 Å². The van der Waals surface area contributed by atoms with Crippen molar-refractivity contribution in [3.8, 4) is 0 Å². The lowest BCUT2D eigenvalue weighted by atomic mass is 10.3. The third-order valence-electron chi connectivity index (χ3n) is 1.85. The highest BCUT2D eigenvalue weighted by atomic mass is 15.0. The third kappa shape index (κ3) is 2.33. The SMILES string of the molecule is C[C@H](N)CNC1(C)CC1. The molecule has 1 saturated carbocycles. The standard InChI is InChI=1S/C7H16N2/c1-6(8)5-9-7(2)3-4-7/h6,9H,3-5,8H2,1-2H3/t6-/m0/s1. The fourth-order valence-corrected chi connectivity index (χ4v) is 0.772. The number of rotatable bonds is 3. The molecule has 1 atom stereocenters. The van der Waals surface area contributed by atoms with E-state index in [1.54, 1.807) is 0 Å². The second kappa shape index (κ2) is 2.27. The van der Waals surface area contributed by atoms with Crippen LogP contribution in [0.5, 0.6) is 0 Å². The highest BCUT2D eigenvalue weighted by Crippen LogP contribution is 2.33. The smallest absolute Gasteiger partial charge is 0.0155 e. The highest BCUT2D eigenvalue weighted by Gasteiger charge is 2.36. The summed E-state index contributed by atoms with van der Waals surface area (Å²) in [5.74, 6) is 0. The molecule has 0 amide bonds. The molecule has 1 rings (SSSR count). The molecule has 3 N–H and O–H groups in total. The van der Waals surface area contributed by atoms with Gasteiger partial charge in [-0.1, -0.05) is 0 Å². The number of nitrogens with one attached hydrogen (secondary N) is 1.